The van der Waals surface area contributed by atoms with Crippen LogP contribution in [0.2, 0.25) is 0 Å². The first kappa shape index (κ1) is 12.3. The Morgan fingerprint density at radius 3 is 2.85 bits per heavy atom. The number of aromatic nitrogens is 3. The molecule has 0 spiro atoms. The molecule has 0 unspecified atom stereocenters. The summed E-state index contributed by atoms with van der Waals surface area (Å²) in [6.07, 6.45) is 3.17. The monoisotopic (exact) mass is 271 g/mol. The van der Waals surface area contributed by atoms with Gasteiger partial charge in [0.2, 0.25) is 11.8 Å². The van der Waals surface area contributed by atoms with Crippen LogP contribution < -0.4 is 10.5 Å². The van der Waals surface area contributed by atoms with E-state index < -0.39 is 0 Å². The van der Waals surface area contributed by atoms with Gasteiger partial charge in [-0.3, -0.25) is 4.79 Å². The molecule has 2 aromatic heterocycles. The summed E-state index contributed by atoms with van der Waals surface area (Å²) >= 11 is 0. The smallest absolute Gasteiger partial charge is 0.256 e. The minimum atomic E-state index is -0.100. The number of carbonyl (C=O) groups is 1. The van der Waals surface area contributed by atoms with Crippen molar-refractivity contribution in [3.05, 3.63) is 41.3 Å². The molecule has 7 heteroatoms. The lowest BCUT2D eigenvalue weighted by molar-refractivity contribution is 0.0750. The number of hydrogen-bond donors (Lipinski definition) is 1. The van der Waals surface area contributed by atoms with Crippen LogP contribution in [0.4, 0.5) is 5.95 Å². The van der Waals surface area contributed by atoms with Crippen LogP contribution in [-0.2, 0) is 13.1 Å². The topological polar surface area (TPSA) is 94.2 Å². The maximum atomic E-state index is 12.4. The Balaban J connectivity index is 1.79. The van der Waals surface area contributed by atoms with Crippen molar-refractivity contribution in [2.24, 2.45) is 0 Å². The number of nitrogens with two attached hydrogens (primary N) is 1. The van der Waals surface area contributed by atoms with Gasteiger partial charge in [-0.15, -0.1) is 0 Å². The Morgan fingerprint density at radius 1 is 1.30 bits per heavy atom. The van der Waals surface area contributed by atoms with Gasteiger partial charge in [0.1, 0.15) is 0 Å². The quantitative estimate of drug-likeness (QED) is 0.860. The van der Waals surface area contributed by atoms with E-state index in [1.54, 1.807) is 23.2 Å². The Bertz CT molecular complexity index is 656. The lowest BCUT2D eigenvalue weighted by Gasteiger charge is -2.14. The average Bonchev–Trinajstić information content (AvgIpc) is 2.89. The van der Waals surface area contributed by atoms with Crippen LogP contribution in [0.5, 0.6) is 5.88 Å². The number of methoxy groups -OCH3 is 1. The predicted molar refractivity (Wildman–Crippen MR) is 70.8 cm³/mol. The molecule has 0 fully saturated rings. The molecule has 0 bridgehead atoms. The number of amides is 1. The van der Waals surface area contributed by atoms with Crippen LogP contribution in [0, 0.1) is 0 Å². The molecule has 1 aliphatic heterocycles. The molecule has 7 nitrogen and oxygen atoms in total. The molecule has 102 valence electrons. The summed E-state index contributed by atoms with van der Waals surface area (Å²) in [5.41, 5.74) is 7.78. The van der Waals surface area contributed by atoms with Gasteiger partial charge in [-0.2, -0.15) is 0 Å². The highest BCUT2D eigenvalue weighted by molar-refractivity contribution is 5.94. The van der Waals surface area contributed by atoms with E-state index in [1.807, 2.05) is 0 Å². The van der Waals surface area contributed by atoms with Crippen LogP contribution in [0.25, 0.3) is 0 Å². The lowest BCUT2D eigenvalue weighted by atomic mass is 10.2. The Labute approximate surface area is 115 Å². The SMILES string of the molecule is COc1ccc(C(=O)N2Cc3cnc(N)nc3C2)cn1. The second-order valence-electron chi connectivity index (χ2n) is 4.45. The van der Waals surface area contributed by atoms with Gasteiger partial charge < -0.3 is 15.4 Å². The van der Waals surface area contributed by atoms with E-state index in [-0.39, 0.29) is 11.9 Å². The van der Waals surface area contributed by atoms with Crippen LogP contribution >= 0.6 is 0 Å². The molecule has 1 aliphatic rings. The van der Waals surface area contributed by atoms with E-state index in [1.165, 1.54) is 13.3 Å². The van der Waals surface area contributed by atoms with E-state index in [9.17, 15) is 4.79 Å². The normalized spacial score (nSPS) is 13.2. The molecule has 2 N–H and O–H groups in total. The third-order valence-electron chi connectivity index (χ3n) is 3.15. The second kappa shape index (κ2) is 4.76. The Kier molecular flexibility index (Phi) is 2.94. The summed E-state index contributed by atoms with van der Waals surface area (Å²) in [5, 5.41) is 0. The van der Waals surface area contributed by atoms with Crippen LogP contribution in [0.3, 0.4) is 0 Å². The zero-order valence-electron chi connectivity index (χ0n) is 10.9. The molecule has 20 heavy (non-hydrogen) atoms. The standard InChI is InChI=1S/C13H13N5O2/c1-20-11-3-2-8(4-15-11)12(19)18-6-9-5-16-13(14)17-10(9)7-18/h2-5H,6-7H2,1H3,(H2,14,16,17). The molecule has 0 radical (unpaired) electrons. The van der Waals surface area contributed by atoms with E-state index >= 15 is 0 Å². The molecule has 0 atom stereocenters. The lowest BCUT2D eigenvalue weighted by Crippen LogP contribution is -2.25. The number of ether oxygens (including phenoxy) is 1. The van der Waals surface area contributed by atoms with Crippen molar-refractivity contribution < 1.29 is 9.53 Å². The number of hydrogen-bond acceptors (Lipinski definition) is 6. The number of nitrogens with zero attached hydrogens (tertiary/aromatic N) is 4. The van der Waals surface area contributed by atoms with Crippen molar-refractivity contribution in [2.75, 3.05) is 12.8 Å². The van der Waals surface area contributed by atoms with Crippen molar-refractivity contribution in [1.82, 2.24) is 19.9 Å². The Hall–Kier alpha value is -2.70. The van der Waals surface area contributed by atoms with Gasteiger partial charge in [-0.1, -0.05) is 0 Å². The third-order valence-corrected chi connectivity index (χ3v) is 3.15. The van der Waals surface area contributed by atoms with Crippen molar-refractivity contribution in [3.63, 3.8) is 0 Å². The number of carbonyl (C=O) groups excluding carboxylic acids is 1. The zero-order chi connectivity index (χ0) is 14.1. The highest BCUT2D eigenvalue weighted by atomic mass is 16.5. The highest BCUT2D eigenvalue weighted by Gasteiger charge is 2.26. The fourth-order valence-corrected chi connectivity index (χ4v) is 2.12. The first-order valence-electron chi connectivity index (χ1n) is 6.07. The van der Waals surface area contributed by atoms with E-state index in [4.69, 9.17) is 10.5 Å². The van der Waals surface area contributed by atoms with Crippen LogP contribution in [0.1, 0.15) is 21.6 Å². The molecule has 2 aromatic rings. The Morgan fingerprint density at radius 2 is 2.15 bits per heavy atom. The first-order chi connectivity index (χ1) is 9.67. The second-order valence-corrected chi connectivity index (χ2v) is 4.45. The molecule has 0 saturated heterocycles. The summed E-state index contributed by atoms with van der Waals surface area (Å²) in [6.45, 7) is 0.924. The maximum absolute atomic E-state index is 12.4. The summed E-state index contributed by atoms with van der Waals surface area (Å²) < 4.78 is 4.97. The predicted octanol–water partition coefficient (Wildman–Crippen LogP) is 0.618. The maximum Gasteiger partial charge on any atom is 0.256 e. The van der Waals surface area contributed by atoms with Crippen molar-refractivity contribution in [3.8, 4) is 5.88 Å². The molecule has 0 aromatic carbocycles. The van der Waals surface area contributed by atoms with Crippen molar-refractivity contribution in [1.29, 1.82) is 0 Å². The fourth-order valence-electron chi connectivity index (χ4n) is 2.12. The molecule has 0 aliphatic carbocycles. The van der Waals surface area contributed by atoms with E-state index in [0.29, 0.717) is 24.5 Å². The van der Waals surface area contributed by atoms with Gasteiger partial charge in [0.15, 0.2) is 0 Å². The molecular formula is C13H13N5O2. The molecule has 3 rings (SSSR count). The number of pyridine rings is 1. The molecule has 3 heterocycles. The fraction of sp³-hybridized carbons (Fsp3) is 0.231. The number of fused-ring (bicyclic) bond motifs is 1. The largest absolute Gasteiger partial charge is 0.481 e. The van der Waals surface area contributed by atoms with E-state index in [2.05, 4.69) is 15.0 Å². The van der Waals surface area contributed by atoms with Crippen molar-refractivity contribution in [2.45, 2.75) is 13.1 Å². The molecular weight excluding hydrogens is 258 g/mol. The van der Waals surface area contributed by atoms with E-state index in [0.717, 1.165) is 11.3 Å². The summed E-state index contributed by atoms with van der Waals surface area (Å²) in [7, 11) is 1.53. The number of nitrogen functional groups attached to an aromatic ring is 1. The molecule has 0 saturated carbocycles. The minimum Gasteiger partial charge on any atom is -0.481 e. The summed E-state index contributed by atoms with van der Waals surface area (Å²) in [6, 6.07) is 3.35. The van der Waals surface area contributed by atoms with Crippen LogP contribution in [0.15, 0.2) is 24.5 Å². The average molecular weight is 271 g/mol. The van der Waals surface area contributed by atoms with Gasteiger partial charge in [0.25, 0.3) is 5.91 Å². The van der Waals surface area contributed by atoms with Gasteiger partial charge in [0, 0.05) is 30.6 Å². The van der Waals surface area contributed by atoms with Crippen LogP contribution in [-0.4, -0.2) is 32.9 Å². The minimum absolute atomic E-state index is 0.100. The first-order valence-corrected chi connectivity index (χ1v) is 6.07. The summed E-state index contributed by atoms with van der Waals surface area (Å²) in [5.74, 6) is 0.603. The van der Waals surface area contributed by atoms with Gasteiger partial charge in [0.05, 0.1) is 24.9 Å². The number of anilines is 1. The van der Waals surface area contributed by atoms with Gasteiger partial charge in [-0.05, 0) is 6.07 Å². The van der Waals surface area contributed by atoms with Gasteiger partial charge >= 0.3 is 0 Å². The van der Waals surface area contributed by atoms with Crippen molar-refractivity contribution >= 4 is 11.9 Å². The highest BCUT2D eigenvalue weighted by Crippen LogP contribution is 2.22. The molecule has 1 amide bonds. The van der Waals surface area contributed by atoms with Gasteiger partial charge in [-0.25, -0.2) is 15.0 Å². The number of rotatable bonds is 2. The zero-order valence-corrected chi connectivity index (χ0v) is 10.9. The summed E-state index contributed by atoms with van der Waals surface area (Å²) in [4.78, 5) is 26.2. The third kappa shape index (κ3) is 2.13.